The highest BCUT2D eigenvalue weighted by Gasteiger charge is 2.46. The minimum Gasteiger partial charge on any atom is -0.493 e. The Kier molecular flexibility index (Phi) is 5.04. The van der Waals surface area contributed by atoms with Gasteiger partial charge in [-0.25, -0.2) is 0 Å². The van der Waals surface area contributed by atoms with Gasteiger partial charge in [0.2, 0.25) is 5.91 Å². The van der Waals surface area contributed by atoms with E-state index in [9.17, 15) is 4.79 Å². The van der Waals surface area contributed by atoms with Crippen molar-refractivity contribution in [3.63, 3.8) is 0 Å². The number of amides is 1. The third kappa shape index (κ3) is 3.16. The summed E-state index contributed by atoms with van der Waals surface area (Å²) >= 11 is 0. The fourth-order valence-electron chi connectivity index (χ4n) is 5.22. The fraction of sp³-hybridized carbons (Fsp3) is 0.682. The maximum atomic E-state index is 13.2. The van der Waals surface area contributed by atoms with Crippen LogP contribution in [0.15, 0.2) is 12.1 Å². The highest BCUT2D eigenvalue weighted by atomic mass is 16.5. The molecule has 3 aliphatic rings. The van der Waals surface area contributed by atoms with Crippen molar-refractivity contribution < 1.29 is 19.0 Å². The molecule has 3 heterocycles. The standard InChI is InChI=1S/C22H32N2O4/c1-21(6-9-23(2)15-21)20(25)24-10-7-22(8-11-24)17-14-19(27-4)18(26-3)13-16(17)5-12-28-22/h13-14H,5-12,15H2,1-4H3. The number of likely N-dealkylation sites (tertiary alicyclic amines) is 2. The first-order valence-electron chi connectivity index (χ1n) is 10.3. The quantitative estimate of drug-likeness (QED) is 0.796. The molecule has 0 aromatic heterocycles. The van der Waals surface area contributed by atoms with E-state index in [2.05, 4.69) is 35.9 Å². The van der Waals surface area contributed by atoms with Crippen molar-refractivity contribution in [1.82, 2.24) is 9.80 Å². The van der Waals surface area contributed by atoms with E-state index in [0.29, 0.717) is 12.5 Å². The van der Waals surface area contributed by atoms with Crippen LogP contribution in [-0.4, -0.2) is 69.8 Å². The highest BCUT2D eigenvalue weighted by molar-refractivity contribution is 5.83. The van der Waals surface area contributed by atoms with Gasteiger partial charge in [0.1, 0.15) is 0 Å². The number of fused-ring (bicyclic) bond motifs is 2. The second-order valence-corrected chi connectivity index (χ2v) is 8.80. The number of methoxy groups -OCH3 is 2. The van der Waals surface area contributed by atoms with Crippen molar-refractivity contribution in [3.05, 3.63) is 23.3 Å². The van der Waals surface area contributed by atoms with Crippen molar-refractivity contribution in [1.29, 1.82) is 0 Å². The maximum absolute atomic E-state index is 13.2. The predicted octanol–water partition coefficient (Wildman–Crippen LogP) is 2.44. The minimum absolute atomic E-state index is 0.249. The molecule has 154 valence electrons. The molecule has 1 unspecified atom stereocenters. The van der Waals surface area contributed by atoms with E-state index in [1.165, 1.54) is 11.1 Å². The molecule has 6 nitrogen and oxygen atoms in total. The summed E-state index contributed by atoms with van der Waals surface area (Å²) in [5, 5.41) is 0. The molecule has 0 N–H and O–H groups in total. The van der Waals surface area contributed by atoms with Crippen LogP contribution in [0.4, 0.5) is 0 Å². The zero-order valence-electron chi connectivity index (χ0n) is 17.5. The van der Waals surface area contributed by atoms with E-state index in [0.717, 1.165) is 63.4 Å². The Balaban J connectivity index is 1.54. The van der Waals surface area contributed by atoms with Crippen molar-refractivity contribution >= 4 is 5.91 Å². The molecule has 0 bridgehead atoms. The molecule has 1 spiro atoms. The lowest BCUT2D eigenvalue weighted by atomic mass is 9.78. The van der Waals surface area contributed by atoms with Crippen LogP contribution in [-0.2, 0) is 21.6 Å². The number of ether oxygens (including phenoxy) is 3. The molecule has 1 amide bonds. The molecular formula is C22H32N2O4. The first kappa shape index (κ1) is 19.5. The summed E-state index contributed by atoms with van der Waals surface area (Å²) in [7, 11) is 5.43. The van der Waals surface area contributed by atoms with E-state index in [1.807, 2.05) is 0 Å². The summed E-state index contributed by atoms with van der Waals surface area (Å²) in [6, 6.07) is 4.17. The van der Waals surface area contributed by atoms with Crippen LogP contribution in [0.25, 0.3) is 0 Å². The summed E-state index contributed by atoms with van der Waals surface area (Å²) in [6.45, 7) is 6.16. The Hall–Kier alpha value is -1.79. The minimum atomic E-state index is -0.322. The number of nitrogens with zero attached hydrogens (tertiary/aromatic N) is 2. The molecule has 0 aliphatic carbocycles. The summed E-state index contributed by atoms with van der Waals surface area (Å²) < 4.78 is 17.4. The monoisotopic (exact) mass is 388 g/mol. The molecule has 1 aromatic rings. The summed E-state index contributed by atoms with van der Waals surface area (Å²) in [5.41, 5.74) is 1.90. The van der Waals surface area contributed by atoms with E-state index >= 15 is 0 Å². The molecule has 0 radical (unpaired) electrons. The Morgan fingerprint density at radius 2 is 1.75 bits per heavy atom. The van der Waals surface area contributed by atoms with Crippen molar-refractivity contribution in [2.24, 2.45) is 5.41 Å². The van der Waals surface area contributed by atoms with Crippen LogP contribution in [0.2, 0.25) is 0 Å². The highest BCUT2D eigenvalue weighted by Crippen LogP contribution is 2.46. The van der Waals surface area contributed by atoms with Gasteiger partial charge in [0.15, 0.2) is 11.5 Å². The van der Waals surface area contributed by atoms with E-state index in [1.54, 1.807) is 14.2 Å². The molecule has 2 saturated heterocycles. The number of hydrogen-bond acceptors (Lipinski definition) is 5. The van der Waals surface area contributed by atoms with Crippen LogP contribution < -0.4 is 9.47 Å². The summed E-state index contributed by atoms with van der Waals surface area (Å²) in [4.78, 5) is 17.5. The lowest BCUT2D eigenvalue weighted by Gasteiger charge is -2.46. The Morgan fingerprint density at radius 3 is 2.36 bits per heavy atom. The predicted molar refractivity (Wildman–Crippen MR) is 107 cm³/mol. The first-order chi connectivity index (χ1) is 13.4. The average molecular weight is 389 g/mol. The van der Waals surface area contributed by atoms with Gasteiger partial charge < -0.3 is 24.0 Å². The molecular weight excluding hydrogens is 356 g/mol. The molecule has 1 aromatic carbocycles. The SMILES string of the molecule is COc1cc2c(cc1OC)C1(CCN(C(=O)C3(C)CCN(C)C3)CC1)OCC2. The first-order valence-corrected chi connectivity index (χ1v) is 10.3. The van der Waals surface area contributed by atoms with Crippen LogP contribution in [0.5, 0.6) is 11.5 Å². The van der Waals surface area contributed by atoms with Gasteiger partial charge >= 0.3 is 0 Å². The number of hydrogen-bond donors (Lipinski definition) is 0. The number of rotatable bonds is 3. The van der Waals surface area contributed by atoms with Crippen LogP contribution in [0.3, 0.4) is 0 Å². The van der Waals surface area contributed by atoms with Crippen LogP contribution in [0, 0.1) is 5.41 Å². The number of benzene rings is 1. The maximum Gasteiger partial charge on any atom is 0.229 e. The molecule has 6 heteroatoms. The zero-order chi connectivity index (χ0) is 19.9. The molecule has 4 rings (SSSR count). The average Bonchev–Trinajstić information content (AvgIpc) is 3.07. The molecule has 3 aliphatic heterocycles. The molecule has 0 saturated carbocycles. The normalized spacial score (nSPS) is 26.9. The summed E-state index contributed by atoms with van der Waals surface area (Å²) in [5.74, 6) is 1.81. The van der Waals surface area contributed by atoms with Crippen molar-refractivity contribution in [2.75, 3.05) is 54.1 Å². The molecule has 1 atom stereocenters. The van der Waals surface area contributed by atoms with Gasteiger partial charge in [0.05, 0.1) is 31.8 Å². The van der Waals surface area contributed by atoms with Gasteiger partial charge in [-0.05, 0) is 69.5 Å². The summed E-state index contributed by atoms with van der Waals surface area (Å²) in [6.07, 6.45) is 3.48. The smallest absolute Gasteiger partial charge is 0.229 e. The van der Waals surface area contributed by atoms with Gasteiger partial charge in [-0.2, -0.15) is 0 Å². The van der Waals surface area contributed by atoms with Gasteiger partial charge in [0, 0.05) is 19.6 Å². The lowest BCUT2D eigenvalue weighted by Crippen LogP contribution is -2.52. The number of carbonyl (C=O) groups excluding carboxylic acids is 1. The van der Waals surface area contributed by atoms with Crippen molar-refractivity contribution in [2.45, 2.75) is 38.2 Å². The van der Waals surface area contributed by atoms with Crippen molar-refractivity contribution in [3.8, 4) is 11.5 Å². The lowest BCUT2D eigenvalue weighted by molar-refractivity contribution is -0.149. The van der Waals surface area contributed by atoms with Gasteiger partial charge in [0.25, 0.3) is 0 Å². The molecule has 28 heavy (non-hydrogen) atoms. The number of piperidine rings is 1. The van der Waals surface area contributed by atoms with Gasteiger partial charge in [-0.3, -0.25) is 4.79 Å². The topological polar surface area (TPSA) is 51.2 Å². The Morgan fingerprint density at radius 1 is 1.07 bits per heavy atom. The Bertz CT molecular complexity index is 757. The fourth-order valence-corrected chi connectivity index (χ4v) is 5.22. The molecule has 2 fully saturated rings. The van der Waals surface area contributed by atoms with Gasteiger partial charge in [-0.1, -0.05) is 0 Å². The largest absolute Gasteiger partial charge is 0.493 e. The Labute approximate surface area is 167 Å². The van der Waals surface area contributed by atoms with Crippen LogP contribution in [0.1, 0.15) is 37.3 Å². The zero-order valence-corrected chi connectivity index (χ0v) is 17.5. The third-order valence-corrected chi connectivity index (χ3v) is 6.89. The third-order valence-electron chi connectivity index (χ3n) is 6.89. The second kappa shape index (κ2) is 7.23. The van der Waals surface area contributed by atoms with E-state index in [4.69, 9.17) is 14.2 Å². The number of carbonyl (C=O) groups is 1. The second-order valence-electron chi connectivity index (χ2n) is 8.80. The van der Waals surface area contributed by atoms with E-state index < -0.39 is 0 Å². The van der Waals surface area contributed by atoms with Gasteiger partial charge in [-0.15, -0.1) is 0 Å². The van der Waals surface area contributed by atoms with Crippen LogP contribution >= 0.6 is 0 Å². The van der Waals surface area contributed by atoms with E-state index in [-0.39, 0.29) is 11.0 Å².